The van der Waals surface area contributed by atoms with Gasteiger partial charge in [-0.2, -0.15) is 0 Å². The monoisotopic (exact) mass is 563 g/mol. The second kappa shape index (κ2) is 9.35. The largest absolute Gasteiger partial charge is 0.456 e. The van der Waals surface area contributed by atoms with Gasteiger partial charge < -0.3 is 9.32 Å². The zero-order valence-electron chi connectivity index (χ0n) is 26.7. The molecule has 0 N–H and O–H groups in total. The molecule has 0 bridgehead atoms. The number of benzene rings is 5. The number of anilines is 3. The summed E-state index contributed by atoms with van der Waals surface area (Å²) in [5.41, 5.74) is 13.3. The van der Waals surface area contributed by atoms with Crippen molar-refractivity contribution in [3.05, 3.63) is 125 Å². The summed E-state index contributed by atoms with van der Waals surface area (Å²) in [5.74, 6) is 0. The number of hydrogen-bond acceptors (Lipinski definition) is 2. The fourth-order valence-electron chi connectivity index (χ4n) is 6.91. The molecule has 0 atom stereocenters. The summed E-state index contributed by atoms with van der Waals surface area (Å²) in [6.45, 7) is 18.4. The van der Waals surface area contributed by atoms with E-state index < -0.39 is 0 Å². The summed E-state index contributed by atoms with van der Waals surface area (Å²) in [4.78, 5) is 2.39. The highest BCUT2D eigenvalue weighted by Gasteiger charge is 2.36. The minimum atomic E-state index is -0.0681. The molecule has 0 amide bonds. The molecular formula is C41H41NO. The van der Waals surface area contributed by atoms with Crippen LogP contribution < -0.4 is 4.90 Å². The summed E-state index contributed by atoms with van der Waals surface area (Å²) in [5, 5.41) is 2.38. The van der Waals surface area contributed by atoms with Crippen molar-refractivity contribution in [2.75, 3.05) is 4.90 Å². The van der Waals surface area contributed by atoms with E-state index in [9.17, 15) is 0 Å². The summed E-state index contributed by atoms with van der Waals surface area (Å²) >= 11 is 0. The van der Waals surface area contributed by atoms with Crippen LogP contribution >= 0.6 is 0 Å². The van der Waals surface area contributed by atoms with Crippen molar-refractivity contribution in [2.45, 2.75) is 71.6 Å². The standard InChI is InChI=1S/C41H41NO/c1-39(2,3)26-22-35(40(4,5)6)38-32-24-28(19-21-36(32)43-37(38)23-26)42(27-14-10-9-11-15-27)29-18-20-31-30-16-12-13-17-33(30)41(7,8)34(31)25-29/h9-25H,1-8H3. The molecule has 0 fully saturated rings. The van der Waals surface area contributed by atoms with E-state index >= 15 is 0 Å². The quantitative estimate of drug-likeness (QED) is 0.213. The van der Waals surface area contributed by atoms with Crippen molar-refractivity contribution in [2.24, 2.45) is 0 Å². The third-order valence-electron chi connectivity index (χ3n) is 9.33. The van der Waals surface area contributed by atoms with Crippen LogP contribution in [-0.2, 0) is 16.2 Å². The third kappa shape index (κ3) is 4.38. The van der Waals surface area contributed by atoms with E-state index in [1.807, 2.05) is 0 Å². The van der Waals surface area contributed by atoms with Gasteiger partial charge in [0.2, 0.25) is 0 Å². The van der Waals surface area contributed by atoms with E-state index in [0.717, 1.165) is 33.6 Å². The van der Waals surface area contributed by atoms with Gasteiger partial charge in [0.05, 0.1) is 0 Å². The average Bonchev–Trinajstić information content (AvgIpc) is 3.44. The van der Waals surface area contributed by atoms with E-state index in [-0.39, 0.29) is 16.2 Å². The van der Waals surface area contributed by atoms with E-state index in [1.54, 1.807) is 0 Å². The van der Waals surface area contributed by atoms with Gasteiger partial charge in [-0.3, -0.25) is 0 Å². The Bertz CT molecular complexity index is 2010. The lowest BCUT2D eigenvalue weighted by Gasteiger charge is -2.28. The predicted octanol–water partition coefficient (Wildman–Crippen LogP) is 12.0. The number of fused-ring (bicyclic) bond motifs is 6. The minimum absolute atomic E-state index is 0.0312. The lowest BCUT2D eigenvalue weighted by Crippen LogP contribution is -2.16. The summed E-state index contributed by atoms with van der Waals surface area (Å²) in [6.07, 6.45) is 0. The number of hydrogen-bond donors (Lipinski definition) is 0. The van der Waals surface area contributed by atoms with Crippen molar-refractivity contribution in [1.82, 2.24) is 0 Å². The van der Waals surface area contributed by atoms with Crippen LogP contribution in [-0.4, -0.2) is 0 Å². The molecule has 1 aliphatic carbocycles. The zero-order valence-corrected chi connectivity index (χ0v) is 26.7. The van der Waals surface area contributed by atoms with Gasteiger partial charge in [0, 0.05) is 33.2 Å². The maximum Gasteiger partial charge on any atom is 0.136 e. The zero-order chi connectivity index (χ0) is 30.3. The van der Waals surface area contributed by atoms with Crippen LogP contribution in [0.4, 0.5) is 17.1 Å². The first-order valence-corrected chi connectivity index (χ1v) is 15.4. The smallest absolute Gasteiger partial charge is 0.136 e. The highest BCUT2D eigenvalue weighted by molar-refractivity contribution is 6.09. The van der Waals surface area contributed by atoms with Crippen LogP contribution in [0.1, 0.15) is 77.6 Å². The van der Waals surface area contributed by atoms with Gasteiger partial charge in [-0.15, -0.1) is 0 Å². The number of para-hydroxylation sites is 1. The highest BCUT2D eigenvalue weighted by Crippen LogP contribution is 2.51. The molecule has 5 aromatic carbocycles. The predicted molar refractivity (Wildman–Crippen MR) is 183 cm³/mol. The number of nitrogens with zero attached hydrogens (tertiary/aromatic N) is 1. The van der Waals surface area contributed by atoms with Gasteiger partial charge in [0.25, 0.3) is 0 Å². The van der Waals surface area contributed by atoms with E-state index in [1.165, 1.54) is 38.8 Å². The lowest BCUT2D eigenvalue weighted by molar-refractivity contribution is 0.569. The molecule has 216 valence electrons. The Hall–Kier alpha value is -4.30. The molecule has 1 aliphatic rings. The van der Waals surface area contributed by atoms with E-state index in [0.29, 0.717) is 0 Å². The van der Waals surface area contributed by atoms with Crippen LogP contribution in [0, 0.1) is 0 Å². The van der Waals surface area contributed by atoms with Gasteiger partial charge in [0.15, 0.2) is 0 Å². The molecule has 43 heavy (non-hydrogen) atoms. The second-order valence-electron chi connectivity index (χ2n) is 14.8. The number of furan rings is 1. The molecule has 2 nitrogen and oxygen atoms in total. The SMILES string of the molecule is CC(C)(C)c1cc(C(C)(C)C)c2c(c1)oc1ccc(N(c3ccccc3)c3ccc4c(c3)C(C)(C)c3ccccc3-4)cc12. The Morgan fingerprint density at radius 1 is 0.558 bits per heavy atom. The van der Waals surface area contributed by atoms with Gasteiger partial charge >= 0.3 is 0 Å². The Balaban J connectivity index is 1.46. The van der Waals surface area contributed by atoms with Crippen molar-refractivity contribution in [1.29, 1.82) is 0 Å². The fraction of sp³-hybridized carbons (Fsp3) is 0.268. The Labute approximate surface area is 256 Å². The van der Waals surface area contributed by atoms with Crippen molar-refractivity contribution in [3.8, 4) is 11.1 Å². The first kappa shape index (κ1) is 27.5. The van der Waals surface area contributed by atoms with Gasteiger partial charge in [0.1, 0.15) is 11.2 Å². The minimum Gasteiger partial charge on any atom is -0.456 e. The summed E-state index contributed by atoms with van der Waals surface area (Å²) in [7, 11) is 0. The lowest BCUT2D eigenvalue weighted by atomic mass is 9.79. The van der Waals surface area contributed by atoms with Gasteiger partial charge in [-0.25, -0.2) is 0 Å². The number of rotatable bonds is 3. The van der Waals surface area contributed by atoms with Crippen LogP contribution in [0.25, 0.3) is 33.1 Å². The molecule has 0 saturated carbocycles. The van der Waals surface area contributed by atoms with Crippen LogP contribution in [0.3, 0.4) is 0 Å². The van der Waals surface area contributed by atoms with Crippen LogP contribution in [0.15, 0.2) is 108 Å². The van der Waals surface area contributed by atoms with Crippen LogP contribution in [0.2, 0.25) is 0 Å². The van der Waals surface area contributed by atoms with Crippen LogP contribution in [0.5, 0.6) is 0 Å². The molecule has 0 saturated heterocycles. The molecule has 2 heteroatoms. The van der Waals surface area contributed by atoms with E-state index in [4.69, 9.17) is 4.42 Å². The Kier molecular flexibility index (Phi) is 5.98. The Morgan fingerprint density at radius 3 is 1.93 bits per heavy atom. The maximum absolute atomic E-state index is 6.58. The topological polar surface area (TPSA) is 16.4 Å². The Morgan fingerprint density at radius 2 is 1.21 bits per heavy atom. The molecule has 0 spiro atoms. The van der Waals surface area contributed by atoms with Crippen molar-refractivity contribution >= 4 is 39.0 Å². The first-order valence-electron chi connectivity index (χ1n) is 15.4. The third-order valence-corrected chi connectivity index (χ3v) is 9.33. The molecule has 6 aromatic rings. The van der Waals surface area contributed by atoms with Gasteiger partial charge in [-0.05, 0) is 92.7 Å². The van der Waals surface area contributed by atoms with Crippen molar-refractivity contribution < 1.29 is 4.42 Å². The highest BCUT2D eigenvalue weighted by atomic mass is 16.3. The molecule has 0 aliphatic heterocycles. The first-order chi connectivity index (χ1) is 20.3. The summed E-state index contributed by atoms with van der Waals surface area (Å²) in [6, 6.07) is 37.9. The van der Waals surface area contributed by atoms with E-state index in [2.05, 4.69) is 163 Å². The normalized spacial score (nSPS) is 14.2. The average molecular weight is 564 g/mol. The fourth-order valence-corrected chi connectivity index (χ4v) is 6.91. The maximum atomic E-state index is 6.58. The summed E-state index contributed by atoms with van der Waals surface area (Å²) < 4.78 is 6.58. The second-order valence-corrected chi connectivity index (χ2v) is 14.8. The van der Waals surface area contributed by atoms with Crippen molar-refractivity contribution in [3.63, 3.8) is 0 Å². The molecular weight excluding hydrogens is 522 g/mol. The van der Waals surface area contributed by atoms with Gasteiger partial charge in [-0.1, -0.05) is 110 Å². The molecule has 0 radical (unpaired) electrons. The molecule has 1 aromatic heterocycles. The molecule has 0 unspecified atom stereocenters. The molecule has 7 rings (SSSR count). The molecule has 1 heterocycles.